The number of primary amides is 1. The van der Waals surface area contributed by atoms with Gasteiger partial charge in [0.15, 0.2) is 0 Å². The molecule has 0 aliphatic rings. The average molecular weight is 334 g/mol. The van der Waals surface area contributed by atoms with Crippen molar-refractivity contribution in [2.75, 3.05) is 5.32 Å². The van der Waals surface area contributed by atoms with E-state index in [1.54, 1.807) is 0 Å². The van der Waals surface area contributed by atoms with Crippen molar-refractivity contribution in [2.45, 2.75) is 71.3 Å². The minimum atomic E-state index is -0.715. The quantitative estimate of drug-likeness (QED) is 0.629. The van der Waals surface area contributed by atoms with Gasteiger partial charge in [-0.25, -0.2) is 4.79 Å². The van der Waals surface area contributed by atoms with Crippen LogP contribution in [-0.2, 0) is 16.0 Å². The van der Waals surface area contributed by atoms with Gasteiger partial charge in [0, 0.05) is 12.1 Å². The predicted octanol–water partition coefficient (Wildman–Crippen LogP) is 4.40. The SMILES string of the molecule is CCCCC(=O)Nc1cccc(CCC(CCCC)OC(N)=O)c1. The van der Waals surface area contributed by atoms with Crippen LogP contribution in [0.1, 0.15) is 64.4 Å². The smallest absolute Gasteiger partial charge is 0.404 e. The Morgan fingerprint density at radius 3 is 2.58 bits per heavy atom. The second kappa shape index (κ2) is 11.5. The first kappa shape index (κ1) is 20.0. The summed E-state index contributed by atoms with van der Waals surface area (Å²) in [4.78, 5) is 22.8. The Bertz CT molecular complexity index is 517. The molecule has 5 nitrogen and oxygen atoms in total. The molecule has 0 aliphatic carbocycles. The van der Waals surface area contributed by atoms with E-state index in [4.69, 9.17) is 10.5 Å². The number of aryl methyl sites for hydroxylation is 1. The zero-order valence-electron chi connectivity index (χ0n) is 14.8. The molecule has 5 heteroatoms. The Hall–Kier alpha value is -2.04. The number of nitrogens with two attached hydrogens (primary N) is 1. The number of rotatable bonds is 11. The first-order valence-electron chi connectivity index (χ1n) is 8.90. The Morgan fingerprint density at radius 1 is 1.17 bits per heavy atom. The molecule has 0 bridgehead atoms. The normalized spacial score (nSPS) is 11.8. The summed E-state index contributed by atoms with van der Waals surface area (Å²) in [5.74, 6) is 0.0480. The lowest BCUT2D eigenvalue weighted by Crippen LogP contribution is -2.23. The topological polar surface area (TPSA) is 81.4 Å². The number of benzene rings is 1. The molecular formula is C19H30N2O3. The highest BCUT2D eigenvalue weighted by Crippen LogP contribution is 2.17. The van der Waals surface area contributed by atoms with Crippen LogP contribution in [0.4, 0.5) is 10.5 Å². The van der Waals surface area contributed by atoms with E-state index in [1.807, 2.05) is 24.3 Å². The first-order chi connectivity index (χ1) is 11.5. The van der Waals surface area contributed by atoms with Gasteiger partial charge in [0.1, 0.15) is 6.10 Å². The molecule has 1 rings (SSSR count). The van der Waals surface area contributed by atoms with Crippen LogP contribution in [0.15, 0.2) is 24.3 Å². The molecule has 1 aromatic carbocycles. The van der Waals surface area contributed by atoms with E-state index < -0.39 is 6.09 Å². The number of anilines is 1. The van der Waals surface area contributed by atoms with Crippen LogP contribution in [0.3, 0.4) is 0 Å². The second-order valence-electron chi connectivity index (χ2n) is 6.09. The maximum Gasteiger partial charge on any atom is 0.404 e. The lowest BCUT2D eigenvalue weighted by Gasteiger charge is -2.16. The Kier molecular flexibility index (Phi) is 9.58. The average Bonchev–Trinajstić information content (AvgIpc) is 2.55. The molecule has 1 unspecified atom stereocenters. The summed E-state index contributed by atoms with van der Waals surface area (Å²) < 4.78 is 5.18. The van der Waals surface area contributed by atoms with E-state index >= 15 is 0 Å². The van der Waals surface area contributed by atoms with Gasteiger partial charge in [-0.2, -0.15) is 0 Å². The van der Waals surface area contributed by atoms with Gasteiger partial charge in [-0.15, -0.1) is 0 Å². The third-order valence-electron chi connectivity index (χ3n) is 3.89. The summed E-state index contributed by atoms with van der Waals surface area (Å²) in [5, 5.41) is 2.93. The van der Waals surface area contributed by atoms with Crippen LogP contribution in [-0.4, -0.2) is 18.1 Å². The molecule has 0 saturated heterocycles. The molecule has 24 heavy (non-hydrogen) atoms. The number of hydrogen-bond acceptors (Lipinski definition) is 3. The predicted molar refractivity (Wildman–Crippen MR) is 96.9 cm³/mol. The number of amides is 2. The van der Waals surface area contributed by atoms with Gasteiger partial charge < -0.3 is 15.8 Å². The molecule has 0 spiro atoms. The molecular weight excluding hydrogens is 304 g/mol. The van der Waals surface area contributed by atoms with Crippen LogP contribution >= 0.6 is 0 Å². The van der Waals surface area contributed by atoms with Crippen LogP contribution in [0, 0.1) is 0 Å². The van der Waals surface area contributed by atoms with Gasteiger partial charge in [0.05, 0.1) is 0 Å². The van der Waals surface area contributed by atoms with Gasteiger partial charge in [0.25, 0.3) is 0 Å². The fraction of sp³-hybridized carbons (Fsp3) is 0.579. The summed E-state index contributed by atoms with van der Waals surface area (Å²) in [7, 11) is 0. The third kappa shape index (κ3) is 8.56. The van der Waals surface area contributed by atoms with Crippen molar-refractivity contribution in [1.82, 2.24) is 0 Å². The van der Waals surface area contributed by atoms with Crippen molar-refractivity contribution in [3.8, 4) is 0 Å². The van der Waals surface area contributed by atoms with Crippen LogP contribution in [0.25, 0.3) is 0 Å². The van der Waals surface area contributed by atoms with Crippen molar-refractivity contribution in [2.24, 2.45) is 5.73 Å². The molecule has 2 amide bonds. The van der Waals surface area contributed by atoms with Crippen LogP contribution in [0.2, 0.25) is 0 Å². The molecule has 0 aliphatic heterocycles. The summed E-state index contributed by atoms with van der Waals surface area (Å²) in [6, 6.07) is 7.82. The zero-order chi connectivity index (χ0) is 17.8. The highest BCUT2D eigenvalue weighted by molar-refractivity contribution is 5.90. The minimum absolute atomic E-state index is 0.0480. The molecule has 134 valence electrons. The van der Waals surface area contributed by atoms with Crippen molar-refractivity contribution < 1.29 is 14.3 Å². The van der Waals surface area contributed by atoms with Crippen molar-refractivity contribution in [1.29, 1.82) is 0 Å². The van der Waals surface area contributed by atoms with Gasteiger partial charge in [-0.1, -0.05) is 45.2 Å². The standard InChI is InChI=1S/C19H30N2O3/c1-3-5-10-17(24-19(20)23)13-12-15-8-7-9-16(14-15)21-18(22)11-6-4-2/h7-9,14,17H,3-6,10-13H2,1-2H3,(H2,20,23)(H,21,22). The lowest BCUT2D eigenvalue weighted by atomic mass is 10.0. The second-order valence-corrected chi connectivity index (χ2v) is 6.09. The summed E-state index contributed by atoms with van der Waals surface area (Å²) >= 11 is 0. The maximum atomic E-state index is 11.8. The summed E-state index contributed by atoms with van der Waals surface area (Å²) in [6.45, 7) is 4.17. The Labute approximate surface area is 145 Å². The summed E-state index contributed by atoms with van der Waals surface area (Å²) in [6.07, 6.45) is 5.99. The zero-order valence-corrected chi connectivity index (χ0v) is 14.8. The molecule has 0 heterocycles. The molecule has 1 aromatic rings. The van der Waals surface area contributed by atoms with E-state index in [-0.39, 0.29) is 12.0 Å². The number of unbranched alkanes of at least 4 members (excludes halogenated alkanes) is 2. The highest BCUT2D eigenvalue weighted by Gasteiger charge is 2.12. The van der Waals surface area contributed by atoms with E-state index in [2.05, 4.69) is 19.2 Å². The van der Waals surface area contributed by atoms with Crippen molar-refractivity contribution in [3.05, 3.63) is 29.8 Å². The van der Waals surface area contributed by atoms with Crippen molar-refractivity contribution >= 4 is 17.7 Å². The minimum Gasteiger partial charge on any atom is -0.446 e. The van der Waals surface area contributed by atoms with Crippen LogP contribution in [0.5, 0.6) is 0 Å². The highest BCUT2D eigenvalue weighted by atomic mass is 16.6. The molecule has 0 aromatic heterocycles. The van der Waals surface area contributed by atoms with Crippen molar-refractivity contribution in [3.63, 3.8) is 0 Å². The number of carbonyl (C=O) groups excluding carboxylic acids is 2. The largest absolute Gasteiger partial charge is 0.446 e. The van der Waals surface area contributed by atoms with Gasteiger partial charge >= 0.3 is 6.09 Å². The fourth-order valence-electron chi connectivity index (χ4n) is 2.55. The Balaban J connectivity index is 2.55. The van der Waals surface area contributed by atoms with E-state index in [9.17, 15) is 9.59 Å². The third-order valence-corrected chi connectivity index (χ3v) is 3.89. The number of ether oxygens (including phenoxy) is 1. The van der Waals surface area contributed by atoms with Gasteiger partial charge in [-0.3, -0.25) is 4.79 Å². The van der Waals surface area contributed by atoms with Crippen LogP contribution < -0.4 is 11.1 Å². The monoisotopic (exact) mass is 334 g/mol. The van der Waals surface area contributed by atoms with E-state index in [0.717, 1.165) is 56.2 Å². The molecule has 1 atom stereocenters. The molecule has 3 N–H and O–H groups in total. The molecule has 0 saturated carbocycles. The Morgan fingerprint density at radius 2 is 1.92 bits per heavy atom. The number of nitrogens with one attached hydrogen (secondary N) is 1. The maximum absolute atomic E-state index is 11.8. The van der Waals surface area contributed by atoms with E-state index in [1.165, 1.54) is 0 Å². The van der Waals surface area contributed by atoms with Gasteiger partial charge in [-0.05, 0) is 43.4 Å². The van der Waals surface area contributed by atoms with E-state index in [0.29, 0.717) is 6.42 Å². The van der Waals surface area contributed by atoms with Gasteiger partial charge in [0.2, 0.25) is 5.91 Å². The first-order valence-corrected chi connectivity index (χ1v) is 8.90. The molecule has 0 radical (unpaired) electrons. The fourth-order valence-corrected chi connectivity index (χ4v) is 2.55. The lowest BCUT2D eigenvalue weighted by molar-refractivity contribution is -0.116. The molecule has 0 fully saturated rings. The number of hydrogen-bond donors (Lipinski definition) is 2. The number of carbonyl (C=O) groups is 2. The summed E-state index contributed by atoms with van der Waals surface area (Å²) in [5.41, 5.74) is 7.07.